The molecule has 16 heavy (non-hydrogen) atoms. The minimum absolute atomic E-state index is 0.609. The van der Waals surface area contributed by atoms with Crippen LogP contribution in [0.4, 0.5) is 0 Å². The minimum atomic E-state index is 0.609. The monoisotopic (exact) mass is 216 g/mol. The molecule has 0 aliphatic carbocycles. The molecule has 0 radical (unpaired) electrons. The number of unbranched alkanes of at least 4 members (excludes halogenated alkanes) is 1. The first-order valence-corrected chi connectivity index (χ1v) is 5.07. The Labute approximate surface area is 92.8 Å². The summed E-state index contributed by atoms with van der Waals surface area (Å²) in [5.74, 6) is 0.609. The molecule has 6 heteroatoms. The Balaban J connectivity index is 2.05. The number of nitrogens with one attached hydrogen (secondary N) is 1. The molecular weight excluding hydrogens is 204 g/mol. The molecule has 82 valence electrons. The number of aromatic nitrogens is 5. The predicted octanol–water partition coefficient (Wildman–Crippen LogP) is 1.16. The predicted molar refractivity (Wildman–Crippen MR) is 59.1 cm³/mol. The molecule has 0 saturated carbocycles. The Morgan fingerprint density at radius 3 is 2.88 bits per heavy atom. The van der Waals surface area contributed by atoms with Crippen molar-refractivity contribution in [1.29, 1.82) is 5.41 Å². The molecule has 2 aromatic heterocycles. The molecule has 0 fully saturated rings. The van der Waals surface area contributed by atoms with E-state index in [1.807, 2.05) is 12.1 Å². The van der Waals surface area contributed by atoms with E-state index in [1.54, 1.807) is 17.2 Å². The van der Waals surface area contributed by atoms with Gasteiger partial charge in [-0.25, -0.2) is 0 Å². The van der Waals surface area contributed by atoms with Crippen molar-refractivity contribution in [2.45, 2.75) is 19.4 Å². The molecule has 0 aromatic carbocycles. The molecule has 0 spiro atoms. The van der Waals surface area contributed by atoms with Crippen molar-refractivity contribution in [1.82, 2.24) is 25.2 Å². The second-order valence-corrected chi connectivity index (χ2v) is 3.29. The number of pyridine rings is 1. The van der Waals surface area contributed by atoms with E-state index in [0.29, 0.717) is 12.4 Å². The fraction of sp³-hybridized carbons (Fsp3) is 0.300. The van der Waals surface area contributed by atoms with Crippen LogP contribution in [0.3, 0.4) is 0 Å². The zero-order chi connectivity index (χ0) is 11.2. The fourth-order valence-electron chi connectivity index (χ4n) is 1.29. The highest BCUT2D eigenvalue weighted by molar-refractivity contribution is 5.52. The first-order chi connectivity index (χ1) is 7.90. The summed E-state index contributed by atoms with van der Waals surface area (Å²) in [6, 6.07) is 3.69. The molecule has 0 unspecified atom stereocenters. The highest BCUT2D eigenvalue weighted by Gasteiger charge is 2.04. The Bertz CT molecular complexity index is 449. The third-order valence-electron chi connectivity index (χ3n) is 2.10. The van der Waals surface area contributed by atoms with Gasteiger partial charge < -0.3 is 5.41 Å². The second-order valence-electron chi connectivity index (χ2n) is 3.29. The third-order valence-corrected chi connectivity index (χ3v) is 2.10. The summed E-state index contributed by atoms with van der Waals surface area (Å²) in [7, 11) is 0. The van der Waals surface area contributed by atoms with Crippen molar-refractivity contribution >= 4 is 6.21 Å². The molecule has 0 aliphatic heterocycles. The molecule has 0 atom stereocenters. The Morgan fingerprint density at radius 1 is 1.31 bits per heavy atom. The van der Waals surface area contributed by atoms with E-state index in [1.165, 1.54) is 6.21 Å². The fourth-order valence-corrected chi connectivity index (χ4v) is 1.29. The van der Waals surface area contributed by atoms with Gasteiger partial charge in [-0.05, 0) is 36.4 Å². The molecule has 2 aromatic rings. The van der Waals surface area contributed by atoms with Gasteiger partial charge in [0, 0.05) is 18.0 Å². The van der Waals surface area contributed by atoms with Gasteiger partial charge >= 0.3 is 0 Å². The average Bonchev–Trinajstić information content (AvgIpc) is 2.79. The topological polar surface area (TPSA) is 80.3 Å². The van der Waals surface area contributed by atoms with Crippen molar-refractivity contribution < 1.29 is 0 Å². The summed E-state index contributed by atoms with van der Waals surface area (Å²) in [4.78, 5) is 5.49. The van der Waals surface area contributed by atoms with Crippen LogP contribution in [0.5, 0.6) is 0 Å². The summed E-state index contributed by atoms with van der Waals surface area (Å²) in [5.41, 5.74) is 0.910. The number of nitrogens with zero attached hydrogens (tertiary/aromatic N) is 5. The number of tetrazole rings is 1. The quantitative estimate of drug-likeness (QED) is 0.600. The van der Waals surface area contributed by atoms with E-state index in [0.717, 1.165) is 18.4 Å². The largest absolute Gasteiger partial charge is 0.313 e. The van der Waals surface area contributed by atoms with Crippen LogP contribution in [0.1, 0.15) is 12.8 Å². The molecule has 0 aliphatic rings. The zero-order valence-corrected chi connectivity index (χ0v) is 8.74. The van der Waals surface area contributed by atoms with Crippen LogP contribution in [0.25, 0.3) is 11.4 Å². The van der Waals surface area contributed by atoms with Crippen LogP contribution in [0.2, 0.25) is 0 Å². The Kier molecular flexibility index (Phi) is 3.32. The van der Waals surface area contributed by atoms with Gasteiger partial charge in [-0.2, -0.15) is 4.80 Å². The van der Waals surface area contributed by atoms with Gasteiger partial charge in [-0.1, -0.05) is 0 Å². The molecular formula is C10H12N6. The molecule has 2 rings (SSSR count). The zero-order valence-electron chi connectivity index (χ0n) is 8.74. The maximum absolute atomic E-state index is 6.91. The molecule has 6 nitrogen and oxygen atoms in total. The van der Waals surface area contributed by atoms with Crippen LogP contribution in [-0.4, -0.2) is 31.4 Å². The molecule has 0 bridgehead atoms. The smallest absolute Gasteiger partial charge is 0.205 e. The van der Waals surface area contributed by atoms with E-state index >= 15 is 0 Å². The van der Waals surface area contributed by atoms with Crippen LogP contribution in [0, 0.1) is 5.41 Å². The van der Waals surface area contributed by atoms with Gasteiger partial charge in [0.15, 0.2) is 0 Å². The van der Waals surface area contributed by atoms with Crippen molar-refractivity contribution in [3.63, 3.8) is 0 Å². The maximum Gasteiger partial charge on any atom is 0.205 e. The number of hydrogen-bond donors (Lipinski definition) is 1. The third kappa shape index (κ3) is 2.47. The lowest BCUT2D eigenvalue weighted by molar-refractivity contribution is 0.507. The summed E-state index contributed by atoms with van der Waals surface area (Å²) in [5, 5.41) is 19.1. The van der Waals surface area contributed by atoms with Crippen molar-refractivity contribution in [3.05, 3.63) is 24.5 Å². The normalized spacial score (nSPS) is 10.2. The van der Waals surface area contributed by atoms with Gasteiger partial charge in [0.2, 0.25) is 5.82 Å². The minimum Gasteiger partial charge on any atom is -0.313 e. The average molecular weight is 216 g/mol. The van der Waals surface area contributed by atoms with Crippen LogP contribution in [-0.2, 0) is 6.54 Å². The van der Waals surface area contributed by atoms with Crippen molar-refractivity contribution in [2.24, 2.45) is 0 Å². The van der Waals surface area contributed by atoms with E-state index < -0.39 is 0 Å². The van der Waals surface area contributed by atoms with E-state index in [9.17, 15) is 0 Å². The van der Waals surface area contributed by atoms with Gasteiger partial charge in [-0.3, -0.25) is 4.98 Å². The van der Waals surface area contributed by atoms with Crippen LogP contribution < -0.4 is 0 Å². The molecule has 2 heterocycles. The van der Waals surface area contributed by atoms with Gasteiger partial charge in [0.1, 0.15) is 0 Å². The van der Waals surface area contributed by atoms with Crippen LogP contribution >= 0.6 is 0 Å². The highest BCUT2D eigenvalue weighted by Crippen LogP contribution is 2.10. The molecule has 1 N–H and O–H groups in total. The van der Waals surface area contributed by atoms with Gasteiger partial charge in [0.05, 0.1) is 6.54 Å². The lowest BCUT2D eigenvalue weighted by Gasteiger charge is -1.94. The van der Waals surface area contributed by atoms with Gasteiger partial charge in [-0.15, -0.1) is 10.2 Å². The summed E-state index contributed by atoms with van der Waals surface area (Å²) >= 11 is 0. The maximum atomic E-state index is 6.91. The summed E-state index contributed by atoms with van der Waals surface area (Å²) < 4.78 is 0. The lowest BCUT2D eigenvalue weighted by Crippen LogP contribution is -2.02. The number of aryl methyl sites for hydroxylation is 1. The molecule has 0 saturated heterocycles. The lowest BCUT2D eigenvalue weighted by atomic mass is 10.3. The second kappa shape index (κ2) is 5.11. The SMILES string of the molecule is N=CCCCn1nnc(-c2ccncc2)n1. The molecule has 0 amide bonds. The van der Waals surface area contributed by atoms with E-state index in [4.69, 9.17) is 5.41 Å². The number of rotatable bonds is 5. The van der Waals surface area contributed by atoms with Crippen LogP contribution in [0.15, 0.2) is 24.5 Å². The first kappa shape index (κ1) is 10.4. The summed E-state index contributed by atoms with van der Waals surface area (Å²) in [6.45, 7) is 0.688. The number of hydrogen-bond acceptors (Lipinski definition) is 5. The van der Waals surface area contributed by atoms with E-state index in [-0.39, 0.29) is 0 Å². The van der Waals surface area contributed by atoms with Gasteiger partial charge in [0.25, 0.3) is 0 Å². The van der Waals surface area contributed by atoms with Crippen molar-refractivity contribution in [3.8, 4) is 11.4 Å². The standard InChI is InChI=1S/C10H12N6/c11-5-1-2-8-16-14-10(13-15-16)9-3-6-12-7-4-9/h3-7,11H,1-2,8H2. The Hall–Kier alpha value is -2.11. The van der Waals surface area contributed by atoms with Crippen molar-refractivity contribution in [2.75, 3.05) is 0 Å². The summed E-state index contributed by atoms with van der Waals surface area (Å²) in [6.07, 6.45) is 6.39. The highest BCUT2D eigenvalue weighted by atomic mass is 15.6. The Morgan fingerprint density at radius 2 is 2.12 bits per heavy atom. The first-order valence-electron chi connectivity index (χ1n) is 5.07. The van der Waals surface area contributed by atoms with E-state index in [2.05, 4.69) is 20.4 Å².